The Bertz CT molecular complexity index is 962. The molecule has 1 saturated heterocycles. The van der Waals surface area contributed by atoms with Gasteiger partial charge in [-0.15, -0.1) is 0 Å². The minimum Gasteiger partial charge on any atom is -0.454 e. The van der Waals surface area contributed by atoms with E-state index in [0.717, 1.165) is 21.8 Å². The maximum absolute atomic E-state index is 12.7. The lowest BCUT2D eigenvalue weighted by Crippen LogP contribution is -2.27. The zero-order valence-electron chi connectivity index (χ0n) is 13.2. The molecule has 0 radical (unpaired) electrons. The van der Waals surface area contributed by atoms with E-state index in [0.29, 0.717) is 27.0 Å². The first kappa shape index (κ1) is 17.5. The fourth-order valence-electron chi connectivity index (χ4n) is 2.63. The van der Waals surface area contributed by atoms with Crippen molar-refractivity contribution >= 4 is 56.5 Å². The SMILES string of the molecule is O=C1S/C(=C\c2cccc(Br)c2)C(=O)N1Cc1cc2c(cc1Cl)OCO2. The molecule has 2 aliphatic rings. The molecule has 0 aliphatic carbocycles. The number of benzene rings is 2. The number of hydrogen-bond acceptors (Lipinski definition) is 5. The summed E-state index contributed by atoms with van der Waals surface area (Å²) in [6.07, 6.45) is 1.71. The number of nitrogens with zero attached hydrogens (tertiary/aromatic N) is 1. The van der Waals surface area contributed by atoms with Gasteiger partial charge in [-0.25, -0.2) is 0 Å². The van der Waals surface area contributed by atoms with Gasteiger partial charge in [0.15, 0.2) is 11.5 Å². The van der Waals surface area contributed by atoms with Gasteiger partial charge in [0, 0.05) is 15.6 Å². The molecule has 2 aromatic carbocycles. The molecule has 2 aromatic rings. The lowest BCUT2D eigenvalue weighted by molar-refractivity contribution is -0.123. The lowest BCUT2D eigenvalue weighted by Gasteiger charge is -2.14. The van der Waals surface area contributed by atoms with Crippen LogP contribution in [0.2, 0.25) is 5.02 Å². The van der Waals surface area contributed by atoms with Crippen molar-refractivity contribution in [1.82, 2.24) is 4.90 Å². The summed E-state index contributed by atoms with van der Waals surface area (Å²) in [7, 11) is 0. The highest BCUT2D eigenvalue weighted by atomic mass is 79.9. The summed E-state index contributed by atoms with van der Waals surface area (Å²) in [6, 6.07) is 10.8. The second kappa shape index (κ2) is 6.98. The smallest absolute Gasteiger partial charge is 0.293 e. The van der Waals surface area contributed by atoms with Crippen LogP contribution in [0.25, 0.3) is 6.08 Å². The molecule has 5 nitrogen and oxygen atoms in total. The topological polar surface area (TPSA) is 55.8 Å². The van der Waals surface area contributed by atoms with Crippen LogP contribution >= 0.6 is 39.3 Å². The third kappa shape index (κ3) is 3.34. The monoisotopic (exact) mass is 451 g/mol. The number of rotatable bonds is 3. The van der Waals surface area contributed by atoms with E-state index >= 15 is 0 Å². The van der Waals surface area contributed by atoms with Gasteiger partial charge in [-0.1, -0.05) is 39.7 Å². The quantitative estimate of drug-likeness (QED) is 0.609. The van der Waals surface area contributed by atoms with Crippen molar-refractivity contribution in [2.24, 2.45) is 0 Å². The average Bonchev–Trinajstić information content (AvgIpc) is 3.14. The molecule has 0 unspecified atom stereocenters. The molecule has 1 fully saturated rings. The lowest BCUT2D eigenvalue weighted by atomic mass is 10.1. The number of ether oxygens (including phenoxy) is 2. The van der Waals surface area contributed by atoms with Crippen molar-refractivity contribution in [3.8, 4) is 11.5 Å². The summed E-state index contributed by atoms with van der Waals surface area (Å²) in [4.78, 5) is 26.5. The third-order valence-electron chi connectivity index (χ3n) is 3.89. The number of imide groups is 1. The van der Waals surface area contributed by atoms with E-state index in [4.69, 9.17) is 21.1 Å². The summed E-state index contributed by atoms with van der Waals surface area (Å²) >= 11 is 10.6. The predicted molar refractivity (Wildman–Crippen MR) is 103 cm³/mol. The molecule has 0 N–H and O–H groups in total. The Labute approximate surface area is 167 Å². The predicted octanol–water partition coefficient (Wildman–Crippen LogP) is 5.07. The molecule has 2 aliphatic heterocycles. The van der Waals surface area contributed by atoms with Crippen LogP contribution in [0.3, 0.4) is 0 Å². The van der Waals surface area contributed by atoms with Gasteiger partial charge in [0.2, 0.25) is 6.79 Å². The molecule has 0 bridgehead atoms. The van der Waals surface area contributed by atoms with Crippen LogP contribution in [-0.4, -0.2) is 22.8 Å². The van der Waals surface area contributed by atoms with E-state index < -0.39 is 0 Å². The maximum Gasteiger partial charge on any atom is 0.293 e. The van der Waals surface area contributed by atoms with Crippen molar-refractivity contribution in [2.75, 3.05) is 6.79 Å². The van der Waals surface area contributed by atoms with Crippen molar-refractivity contribution in [3.05, 3.63) is 61.9 Å². The molecule has 0 atom stereocenters. The fraction of sp³-hybridized carbons (Fsp3) is 0.111. The molecule has 132 valence electrons. The summed E-state index contributed by atoms with van der Waals surface area (Å²) in [5.74, 6) is 0.775. The first-order valence-corrected chi connectivity index (χ1v) is 9.59. The summed E-state index contributed by atoms with van der Waals surface area (Å²) < 4.78 is 11.5. The van der Waals surface area contributed by atoms with Crippen molar-refractivity contribution < 1.29 is 19.1 Å². The van der Waals surface area contributed by atoms with Gasteiger partial charge >= 0.3 is 0 Å². The highest BCUT2D eigenvalue weighted by Crippen LogP contribution is 2.39. The van der Waals surface area contributed by atoms with E-state index in [-0.39, 0.29) is 24.5 Å². The van der Waals surface area contributed by atoms with Crippen LogP contribution in [0.15, 0.2) is 45.8 Å². The number of hydrogen-bond donors (Lipinski definition) is 0. The van der Waals surface area contributed by atoms with Gasteiger partial charge in [0.25, 0.3) is 11.1 Å². The maximum atomic E-state index is 12.7. The number of amides is 2. The molecule has 2 heterocycles. The number of carbonyl (C=O) groups is 2. The van der Waals surface area contributed by atoms with Gasteiger partial charge in [-0.05, 0) is 47.2 Å². The van der Waals surface area contributed by atoms with Crippen molar-refractivity contribution in [1.29, 1.82) is 0 Å². The minimum absolute atomic E-state index is 0.0793. The Morgan fingerprint density at radius 1 is 1.19 bits per heavy atom. The second-order valence-corrected chi connectivity index (χ2v) is 7.94. The van der Waals surface area contributed by atoms with Crippen molar-refractivity contribution in [3.63, 3.8) is 0 Å². The Morgan fingerprint density at radius 3 is 2.73 bits per heavy atom. The first-order chi connectivity index (χ1) is 12.5. The fourth-order valence-corrected chi connectivity index (χ4v) is 4.10. The molecule has 0 saturated carbocycles. The zero-order chi connectivity index (χ0) is 18.3. The summed E-state index contributed by atoms with van der Waals surface area (Å²) in [5, 5.41) is 0.0919. The van der Waals surface area contributed by atoms with Gasteiger partial charge < -0.3 is 9.47 Å². The Hall–Kier alpha value is -1.96. The number of carbonyl (C=O) groups excluding carboxylic acids is 2. The average molecular weight is 453 g/mol. The van der Waals surface area contributed by atoms with Crippen LogP contribution < -0.4 is 9.47 Å². The number of fused-ring (bicyclic) bond motifs is 1. The molecular weight excluding hydrogens is 442 g/mol. The van der Waals surface area contributed by atoms with E-state index in [1.165, 1.54) is 4.90 Å². The van der Waals surface area contributed by atoms with Crippen LogP contribution in [0.1, 0.15) is 11.1 Å². The van der Waals surface area contributed by atoms with Gasteiger partial charge in [0.05, 0.1) is 11.4 Å². The Balaban J connectivity index is 1.59. The van der Waals surface area contributed by atoms with Gasteiger partial charge in [-0.3, -0.25) is 14.5 Å². The summed E-state index contributed by atoms with van der Waals surface area (Å²) in [5.41, 5.74) is 1.47. The van der Waals surface area contributed by atoms with Crippen LogP contribution in [0.5, 0.6) is 11.5 Å². The minimum atomic E-state index is -0.339. The van der Waals surface area contributed by atoms with Crippen LogP contribution in [0, 0.1) is 0 Å². The molecule has 0 aromatic heterocycles. The number of thioether (sulfide) groups is 1. The highest BCUT2D eigenvalue weighted by Gasteiger charge is 2.35. The van der Waals surface area contributed by atoms with Crippen LogP contribution in [-0.2, 0) is 11.3 Å². The van der Waals surface area contributed by atoms with E-state index in [1.54, 1.807) is 18.2 Å². The molecule has 4 rings (SSSR count). The molecule has 0 spiro atoms. The van der Waals surface area contributed by atoms with Gasteiger partial charge in [0.1, 0.15) is 0 Å². The standard InChI is InChI=1S/C18H11BrClNO4S/c19-12-3-1-2-10(4-12)5-16-17(22)21(18(23)26-16)8-11-6-14-15(7-13(11)20)25-9-24-14/h1-7H,8-9H2/b16-5-. The van der Waals surface area contributed by atoms with Crippen LogP contribution in [0.4, 0.5) is 4.79 Å². The largest absolute Gasteiger partial charge is 0.454 e. The Kier molecular flexibility index (Phi) is 4.69. The first-order valence-electron chi connectivity index (χ1n) is 7.60. The van der Waals surface area contributed by atoms with Crippen molar-refractivity contribution in [2.45, 2.75) is 6.54 Å². The van der Waals surface area contributed by atoms with E-state index in [9.17, 15) is 9.59 Å². The third-order valence-corrected chi connectivity index (χ3v) is 5.64. The molecule has 8 heteroatoms. The summed E-state index contributed by atoms with van der Waals surface area (Å²) in [6.45, 7) is 0.210. The second-order valence-electron chi connectivity index (χ2n) is 5.62. The van der Waals surface area contributed by atoms with E-state index in [1.807, 2.05) is 24.3 Å². The molecule has 26 heavy (non-hydrogen) atoms. The highest BCUT2D eigenvalue weighted by molar-refractivity contribution is 9.10. The van der Waals surface area contributed by atoms with Gasteiger partial charge in [-0.2, -0.15) is 0 Å². The zero-order valence-corrected chi connectivity index (χ0v) is 16.4. The molecular formula is C18H11BrClNO4S. The number of halogens is 2. The normalized spacial score (nSPS) is 17.5. The Morgan fingerprint density at radius 2 is 1.96 bits per heavy atom. The van der Waals surface area contributed by atoms with E-state index in [2.05, 4.69) is 15.9 Å². The molecule has 2 amide bonds.